The average molecular weight is 709 g/mol. The number of hydrogen-bond acceptors (Lipinski definition) is 8. The fourth-order valence-electron chi connectivity index (χ4n) is 6.98. The number of likely N-dealkylation sites (tertiary alicyclic amines) is 1. The summed E-state index contributed by atoms with van der Waals surface area (Å²) in [4.78, 5) is 67.9. The first kappa shape index (κ1) is 37.8. The van der Waals surface area contributed by atoms with Crippen LogP contribution in [-0.4, -0.2) is 91.5 Å². The predicted molar refractivity (Wildman–Crippen MR) is 182 cm³/mol. The van der Waals surface area contributed by atoms with Gasteiger partial charge in [-0.3, -0.25) is 19.2 Å². The van der Waals surface area contributed by atoms with Crippen LogP contribution in [0.3, 0.4) is 0 Å². The minimum atomic E-state index is -3.77. The van der Waals surface area contributed by atoms with Gasteiger partial charge in [0.15, 0.2) is 0 Å². The molecule has 268 valence electrons. The number of hydrogen-bond donors (Lipinski definition) is 4. The Bertz CT molecular complexity index is 1530. The number of ketones is 1. The second-order valence-corrected chi connectivity index (χ2v) is 19.6. The molecule has 1 aliphatic heterocycles. The summed E-state index contributed by atoms with van der Waals surface area (Å²) < 4.78 is 27.7. The van der Waals surface area contributed by atoms with E-state index >= 15 is 0 Å². The average Bonchev–Trinajstić information content (AvgIpc) is 3.39. The van der Waals surface area contributed by atoms with Gasteiger partial charge in [-0.1, -0.05) is 67.9 Å². The van der Waals surface area contributed by atoms with Crippen molar-refractivity contribution < 1.29 is 32.4 Å². The number of likely N-dealkylation sites (N-methyl/N-ethyl adjacent to an activating group) is 1. The third-order valence-electron chi connectivity index (χ3n) is 10.5. The molecule has 13 nitrogen and oxygen atoms in total. The van der Waals surface area contributed by atoms with E-state index < -0.39 is 74.6 Å². The van der Waals surface area contributed by atoms with Crippen LogP contribution in [0.2, 0.25) is 0 Å². The number of amides is 5. The van der Waals surface area contributed by atoms with Gasteiger partial charge in [-0.05, 0) is 58.3 Å². The molecule has 1 unspecified atom stereocenters. The standard InChI is InChI=1S/C33H52N6O7S2/c1-31(2,3)20(17-38(9)48(45,46)21-14-11-15-47-21)35-30(44)37-26(32(4,5)6)29(43)39-16-19-22(33(19,7)8)24(39)28(42)36-23(18-12-10-13-18)25(40)27(34)41/h11,14-15,18-20,22-24,26H,10,12-13,16-17H2,1-9H3,(H2,34,41)(H,36,42)(H2,35,37,44)/t19-,20+,22-,23?,24-,26+/m0/s1. The summed E-state index contributed by atoms with van der Waals surface area (Å²) in [5, 5.41) is 10.2. The van der Waals surface area contributed by atoms with Crippen molar-refractivity contribution in [3.8, 4) is 0 Å². The molecule has 4 rings (SSSR count). The fourth-order valence-corrected chi connectivity index (χ4v) is 9.36. The smallest absolute Gasteiger partial charge is 0.315 e. The molecule has 0 aromatic carbocycles. The third-order valence-corrected chi connectivity index (χ3v) is 13.7. The highest BCUT2D eigenvalue weighted by atomic mass is 32.2. The highest BCUT2D eigenvalue weighted by Crippen LogP contribution is 2.65. The molecule has 6 atom stereocenters. The summed E-state index contributed by atoms with van der Waals surface area (Å²) in [5.74, 6) is -3.20. The summed E-state index contributed by atoms with van der Waals surface area (Å²) in [6.07, 6.45) is 2.25. The van der Waals surface area contributed by atoms with Crippen LogP contribution in [0.25, 0.3) is 0 Å². The predicted octanol–water partition coefficient (Wildman–Crippen LogP) is 2.32. The van der Waals surface area contributed by atoms with Crippen LogP contribution in [0, 0.1) is 34.0 Å². The van der Waals surface area contributed by atoms with Crippen molar-refractivity contribution in [1.29, 1.82) is 0 Å². The van der Waals surface area contributed by atoms with Gasteiger partial charge in [-0.25, -0.2) is 13.2 Å². The minimum absolute atomic E-state index is 0.00964. The summed E-state index contributed by atoms with van der Waals surface area (Å²) in [6, 6.07) is -1.06. The molecule has 1 aromatic heterocycles. The minimum Gasteiger partial charge on any atom is -0.363 e. The topological polar surface area (TPSA) is 188 Å². The first-order chi connectivity index (χ1) is 22.0. The number of nitrogens with two attached hydrogens (primary N) is 1. The maximum Gasteiger partial charge on any atom is 0.315 e. The van der Waals surface area contributed by atoms with Crippen molar-refractivity contribution in [3.05, 3.63) is 17.5 Å². The van der Waals surface area contributed by atoms with E-state index in [1.54, 1.807) is 11.4 Å². The van der Waals surface area contributed by atoms with Crippen LogP contribution in [0.1, 0.15) is 74.7 Å². The van der Waals surface area contributed by atoms with Gasteiger partial charge in [-0.15, -0.1) is 11.3 Å². The van der Waals surface area contributed by atoms with E-state index in [2.05, 4.69) is 16.0 Å². The molecule has 3 aliphatic rings. The molecule has 48 heavy (non-hydrogen) atoms. The van der Waals surface area contributed by atoms with E-state index in [0.29, 0.717) is 19.4 Å². The lowest BCUT2D eigenvalue weighted by Crippen LogP contribution is -2.63. The van der Waals surface area contributed by atoms with Gasteiger partial charge in [-0.2, -0.15) is 4.31 Å². The zero-order chi connectivity index (χ0) is 36.1. The van der Waals surface area contributed by atoms with Crippen molar-refractivity contribution >= 4 is 50.9 Å². The summed E-state index contributed by atoms with van der Waals surface area (Å²) in [7, 11) is -2.31. The van der Waals surface area contributed by atoms with Gasteiger partial charge < -0.3 is 26.6 Å². The number of carbonyl (C=O) groups excluding carboxylic acids is 5. The molecular weight excluding hydrogens is 657 g/mol. The third kappa shape index (κ3) is 7.57. The number of primary amides is 1. The lowest BCUT2D eigenvalue weighted by molar-refractivity contribution is -0.145. The van der Waals surface area contributed by atoms with Crippen molar-refractivity contribution in [3.63, 3.8) is 0 Å². The molecular formula is C33H52N6O7S2. The summed E-state index contributed by atoms with van der Waals surface area (Å²) in [5.41, 5.74) is 3.78. The van der Waals surface area contributed by atoms with Crippen LogP contribution in [-0.2, 0) is 29.2 Å². The van der Waals surface area contributed by atoms with Crippen molar-refractivity contribution in [2.24, 2.45) is 39.7 Å². The Morgan fingerprint density at radius 2 is 1.67 bits per heavy atom. The molecule has 0 bridgehead atoms. The molecule has 5 amide bonds. The van der Waals surface area contributed by atoms with E-state index in [1.165, 1.54) is 22.3 Å². The van der Waals surface area contributed by atoms with Gasteiger partial charge in [0.25, 0.3) is 15.9 Å². The molecule has 1 aromatic rings. The Kier molecular flexibility index (Phi) is 10.5. The van der Waals surface area contributed by atoms with Gasteiger partial charge in [0, 0.05) is 26.2 Å². The number of fused-ring (bicyclic) bond motifs is 1. The highest BCUT2D eigenvalue weighted by Gasteiger charge is 2.70. The molecule has 15 heteroatoms. The second kappa shape index (κ2) is 13.3. The fraction of sp³-hybridized carbons (Fsp3) is 0.727. The summed E-state index contributed by atoms with van der Waals surface area (Å²) in [6.45, 7) is 15.5. The Balaban J connectivity index is 1.53. The Hall–Kier alpha value is -3.04. The van der Waals surface area contributed by atoms with Crippen LogP contribution in [0.5, 0.6) is 0 Å². The van der Waals surface area contributed by atoms with E-state index in [-0.39, 0.29) is 33.9 Å². The number of nitrogens with zero attached hydrogens (tertiary/aromatic N) is 2. The van der Waals surface area contributed by atoms with Crippen molar-refractivity contribution in [2.75, 3.05) is 20.1 Å². The number of urea groups is 1. The van der Waals surface area contributed by atoms with Gasteiger partial charge >= 0.3 is 6.03 Å². The molecule has 0 spiro atoms. The van der Waals surface area contributed by atoms with E-state index in [0.717, 1.165) is 17.8 Å². The van der Waals surface area contributed by atoms with Crippen LogP contribution < -0.4 is 21.7 Å². The van der Waals surface area contributed by atoms with Crippen molar-refractivity contribution in [2.45, 2.75) is 103 Å². The summed E-state index contributed by atoms with van der Waals surface area (Å²) >= 11 is 1.11. The SMILES string of the molecule is CN(C[C@@H](NC(=O)N[C@H](C(=O)N1C[C@H]2[C@@H]([C@H]1C(=O)NC(C(=O)C(N)=O)C1CCC1)C2(C)C)C(C)(C)C)C(C)(C)C)S(=O)(=O)c1cccs1. The van der Waals surface area contributed by atoms with Gasteiger partial charge in [0.05, 0.1) is 0 Å². The molecule has 2 aliphatic carbocycles. The maximum absolute atomic E-state index is 14.3. The Labute approximate surface area is 288 Å². The number of thiophene rings is 1. The van der Waals surface area contributed by atoms with Gasteiger partial charge in [0.1, 0.15) is 22.3 Å². The zero-order valence-electron chi connectivity index (χ0n) is 29.5. The lowest BCUT2D eigenvalue weighted by atomic mass is 9.78. The number of rotatable bonds is 12. The quantitative estimate of drug-likeness (QED) is 0.240. The van der Waals surface area contributed by atoms with Crippen LogP contribution in [0.4, 0.5) is 4.79 Å². The maximum atomic E-state index is 14.3. The number of carbonyl (C=O) groups is 5. The number of nitrogens with one attached hydrogen (secondary N) is 3. The Morgan fingerprint density at radius 1 is 1.04 bits per heavy atom. The molecule has 1 saturated heterocycles. The normalized spacial score (nSPS) is 24.1. The van der Waals surface area contributed by atoms with E-state index in [4.69, 9.17) is 5.73 Å². The molecule has 0 radical (unpaired) electrons. The highest BCUT2D eigenvalue weighted by molar-refractivity contribution is 7.91. The van der Waals surface area contributed by atoms with E-state index in [9.17, 15) is 32.4 Å². The largest absolute Gasteiger partial charge is 0.363 e. The molecule has 2 heterocycles. The van der Waals surface area contributed by atoms with Crippen LogP contribution >= 0.6 is 11.3 Å². The second-order valence-electron chi connectivity index (χ2n) is 16.3. The van der Waals surface area contributed by atoms with Crippen molar-refractivity contribution in [1.82, 2.24) is 25.2 Å². The molecule has 3 fully saturated rings. The monoisotopic (exact) mass is 708 g/mol. The number of Topliss-reactive ketones (excluding diaryl/α,β-unsaturated/α-hetero) is 1. The first-order valence-electron chi connectivity index (χ1n) is 16.5. The lowest BCUT2D eigenvalue weighted by Gasteiger charge is -2.39. The number of sulfonamides is 1. The van der Waals surface area contributed by atoms with Gasteiger partial charge in [0.2, 0.25) is 17.6 Å². The number of piperidine rings is 1. The molecule has 5 N–H and O–H groups in total. The van der Waals surface area contributed by atoms with Crippen LogP contribution in [0.15, 0.2) is 21.7 Å². The van der Waals surface area contributed by atoms with E-state index in [1.807, 2.05) is 55.4 Å². The Morgan fingerprint density at radius 3 is 2.15 bits per heavy atom. The zero-order valence-corrected chi connectivity index (χ0v) is 31.1. The first-order valence-corrected chi connectivity index (χ1v) is 18.8. The molecule has 2 saturated carbocycles.